The first-order chi connectivity index (χ1) is 11.9. The normalized spacial score (nSPS) is 10.7. The van der Waals surface area contributed by atoms with Gasteiger partial charge < -0.3 is 16.8 Å². The van der Waals surface area contributed by atoms with E-state index in [0.29, 0.717) is 0 Å². The van der Waals surface area contributed by atoms with Crippen molar-refractivity contribution < 1.29 is 4.79 Å². The van der Waals surface area contributed by atoms with Crippen molar-refractivity contribution >= 4 is 23.4 Å². The second-order valence-corrected chi connectivity index (χ2v) is 5.62. The predicted octanol–water partition coefficient (Wildman–Crippen LogP) is 1.41. The number of carbonyl (C=O) groups excluding carboxylic acids is 1. The summed E-state index contributed by atoms with van der Waals surface area (Å²) < 4.78 is 0. The monoisotopic (exact) mass is 338 g/mol. The van der Waals surface area contributed by atoms with Crippen LogP contribution in [0.1, 0.15) is 27.0 Å². The molecule has 128 valence electrons. The molecule has 0 atom stereocenters. The molecule has 9 nitrogen and oxygen atoms in total. The van der Waals surface area contributed by atoms with Crippen LogP contribution in [-0.4, -0.2) is 30.9 Å². The highest BCUT2D eigenvalue weighted by atomic mass is 16.1. The van der Waals surface area contributed by atoms with Gasteiger partial charge in [0.15, 0.2) is 0 Å². The number of carbonyl (C=O) groups is 1. The number of anilines is 3. The lowest BCUT2D eigenvalue weighted by Crippen LogP contribution is -2.16. The number of nitrogens with zero attached hydrogens (tertiary/aromatic N) is 5. The summed E-state index contributed by atoms with van der Waals surface area (Å²) in [6, 6.07) is 1.89. The molecule has 0 fully saturated rings. The van der Waals surface area contributed by atoms with Crippen LogP contribution in [0.15, 0.2) is 24.7 Å². The van der Waals surface area contributed by atoms with Gasteiger partial charge in [-0.1, -0.05) is 0 Å². The standard InChI is InChI=1S/C16H18N8O/c1-8-9(2)12(6-13(10(8)3)24-20-4-5-21-24)22-15-11(14(17)25)7-19-16(18)23-15/h4-7H,1-3H3,(H2,17,25)(H3,18,19,22,23). The van der Waals surface area contributed by atoms with Crippen molar-refractivity contribution in [1.29, 1.82) is 0 Å². The summed E-state index contributed by atoms with van der Waals surface area (Å²) in [5.41, 5.74) is 15.9. The quantitative estimate of drug-likeness (QED) is 0.653. The Bertz CT molecular complexity index is 949. The molecule has 25 heavy (non-hydrogen) atoms. The minimum atomic E-state index is -0.641. The summed E-state index contributed by atoms with van der Waals surface area (Å²) >= 11 is 0. The molecule has 3 rings (SSSR count). The van der Waals surface area contributed by atoms with Crippen LogP contribution in [0.25, 0.3) is 5.69 Å². The Morgan fingerprint density at radius 2 is 1.80 bits per heavy atom. The van der Waals surface area contributed by atoms with Gasteiger partial charge in [-0.05, 0) is 43.5 Å². The molecule has 0 radical (unpaired) electrons. The van der Waals surface area contributed by atoms with Gasteiger partial charge in [0.05, 0.1) is 18.1 Å². The lowest BCUT2D eigenvalue weighted by Gasteiger charge is -2.17. The topological polar surface area (TPSA) is 138 Å². The molecule has 0 aliphatic heterocycles. The molecule has 0 bridgehead atoms. The van der Waals surface area contributed by atoms with Crippen LogP contribution in [0.2, 0.25) is 0 Å². The number of nitrogens with two attached hydrogens (primary N) is 2. The van der Waals surface area contributed by atoms with E-state index in [9.17, 15) is 4.79 Å². The highest BCUT2D eigenvalue weighted by Gasteiger charge is 2.16. The second-order valence-electron chi connectivity index (χ2n) is 5.62. The fourth-order valence-electron chi connectivity index (χ4n) is 2.50. The Morgan fingerprint density at radius 3 is 2.44 bits per heavy atom. The smallest absolute Gasteiger partial charge is 0.254 e. The fraction of sp³-hybridized carbons (Fsp3) is 0.188. The van der Waals surface area contributed by atoms with Crippen LogP contribution in [-0.2, 0) is 0 Å². The highest BCUT2D eigenvalue weighted by molar-refractivity contribution is 5.98. The SMILES string of the molecule is Cc1c(Nc2nc(N)ncc2C(N)=O)cc(-n2nccn2)c(C)c1C. The van der Waals surface area contributed by atoms with Gasteiger partial charge in [-0.15, -0.1) is 0 Å². The van der Waals surface area contributed by atoms with Crippen molar-refractivity contribution in [2.24, 2.45) is 5.73 Å². The first kappa shape index (κ1) is 16.4. The fourth-order valence-corrected chi connectivity index (χ4v) is 2.50. The number of nitrogen functional groups attached to an aromatic ring is 1. The average Bonchev–Trinajstić information content (AvgIpc) is 3.09. The molecule has 0 spiro atoms. The van der Waals surface area contributed by atoms with Crippen LogP contribution in [0, 0.1) is 20.8 Å². The lowest BCUT2D eigenvalue weighted by atomic mass is 10.0. The number of aromatic nitrogens is 5. The Balaban J connectivity index is 2.13. The van der Waals surface area contributed by atoms with Gasteiger partial charge in [-0.2, -0.15) is 20.0 Å². The van der Waals surface area contributed by atoms with Gasteiger partial charge in [0, 0.05) is 11.9 Å². The van der Waals surface area contributed by atoms with Gasteiger partial charge in [0.25, 0.3) is 5.91 Å². The maximum atomic E-state index is 11.6. The number of primary amides is 1. The summed E-state index contributed by atoms with van der Waals surface area (Å²) in [6.45, 7) is 5.98. The van der Waals surface area contributed by atoms with E-state index in [4.69, 9.17) is 11.5 Å². The van der Waals surface area contributed by atoms with Gasteiger partial charge in [-0.25, -0.2) is 4.98 Å². The van der Waals surface area contributed by atoms with Gasteiger partial charge in [0.2, 0.25) is 5.95 Å². The maximum Gasteiger partial charge on any atom is 0.254 e. The summed E-state index contributed by atoms with van der Waals surface area (Å²) in [7, 11) is 0. The molecule has 5 N–H and O–H groups in total. The highest BCUT2D eigenvalue weighted by Crippen LogP contribution is 2.30. The molecule has 0 aliphatic rings. The molecule has 1 aromatic carbocycles. The van der Waals surface area contributed by atoms with Crippen molar-refractivity contribution in [3.8, 4) is 5.69 Å². The van der Waals surface area contributed by atoms with E-state index in [-0.39, 0.29) is 17.3 Å². The molecule has 3 aromatic rings. The summed E-state index contributed by atoms with van der Waals surface area (Å²) in [6.07, 6.45) is 4.52. The molecule has 9 heteroatoms. The van der Waals surface area contributed by atoms with Crippen LogP contribution in [0.3, 0.4) is 0 Å². The van der Waals surface area contributed by atoms with E-state index < -0.39 is 5.91 Å². The van der Waals surface area contributed by atoms with Crippen LogP contribution in [0.4, 0.5) is 17.5 Å². The van der Waals surface area contributed by atoms with Gasteiger partial charge >= 0.3 is 0 Å². The molecule has 1 amide bonds. The summed E-state index contributed by atoms with van der Waals surface area (Å²) in [4.78, 5) is 21.1. The molecule has 0 aliphatic carbocycles. The Hall–Kier alpha value is -3.49. The van der Waals surface area contributed by atoms with Gasteiger partial charge in [0.1, 0.15) is 11.4 Å². The number of hydrogen-bond donors (Lipinski definition) is 3. The third-order valence-electron chi connectivity index (χ3n) is 4.15. The predicted molar refractivity (Wildman–Crippen MR) is 93.8 cm³/mol. The van der Waals surface area contributed by atoms with Crippen LogP contribution in [0.5, 0.6) is 0 Å². The number of nitrogens with one attached hydrogen (secondary N) is 1. The van der Waals surface area contributed by atoms with Crippen molar-refractivity contribution in [2.45, 2.75) is 20.8 Å². The number of amides is 1. The lowest BCUT2D eigenvalue weighted by molar-refractivity contribution is 0.100. The van der Waals surface area contributed by atoms with E-state index in [2.05, 4.69) is 25.5 Å². The zero-order chi connectivity index (χ0) is 18.1. The molecule has 2 aromatic heterocycles. The number of benzene rings is 1. The van der Waals surface area contributed by atoms with E-state index in [0.717, 1.165) is 28.1 Å². The summed E-state index contributed by atoms with van der Waals surface area (Å²) in [5.74, 6) is -0.341. The van der Waals surface area contributed by atoms with E-state index in [1.54, 1.807) is 12.4 Å². The zero-order valence-electron chi connectivity index (χ0n) is 14.1. The molecular weight excluding hydrogens is 320 g/mol. The van der Waals surface area contributed by atoms with Gasteiger partial charge in [-0.3, -0.25) is 4.79 Å². The Kier molecular flexibility index (Phi) is 4.05. The minimum absolute atomic E-state index is 0.0444. The van der Waals surface area contributed by atoms with Crippen LogP contribution >= 0.6 is 0 Å². The molecule has 2 heterocycles. The van der Waals surface area contributed by atoms with Crippen molar-refractivity contribution in [3.63, 3.8) is 0 Å². The molecule has 0 saturated carbocycles. The van der Waals surface area contributed by atoms with E-state index in [1.807, 2.05) is 26.8 Å². The average molecular weight is 338 g/mol. The minimum Gasteiger partial charge on any atom is -0.368 e. The third-order valence-corrected chi connectivity index (χ3v) is 4.15. The largest absolute Gasteiger partial charge is 0.368 e. The maximum absolute atomic E-state index is 11.6. The van der Waals surface area contributed by atoms with E-state index in [1.165, 1.54) is 11.0 Å². The molecule has 0 unspecified atom stereocenters. The van der Waals surface area contributed by atoms with Crippen molar-refractivity contribution in [3.05, 3.63) is 46.9 Å². The van der Waals surface area contributed by atoms with Crippen LogP contribution < -0.4 is 16.8 Å². The van der Waals surface area contributed by atoms with Crippen molar-refractivity contribution in [2.75, 3.05) is 11.1 Å². The third kappa shape index (κ3) is 2.99. The first-order valence-corrected chi connectivity index (χ1v) is 7.55. The Morgan fingerprint density at radius 1 is 1.12 bits per heavy atom. The number of rotatable bonds is 4. The first-order valence-electron chi connectivity index (χ1n) is 7.55. The molecular formula is C16H18N8O. The van der Waals surface area contributed by atoms with Crippen molar-refractivity contribution in [1.82, 2.24) is 25.0 Å². The number of hydrogen-bond acceptors (Lipinski definition) is 7. The van der Waals surface area contributed by atoms with E-state index >= 15 is 0 Å². The second kappa shape index (κ2) is 6.19. The zero-order valence-corrected chi connectivity index (χ0v) is 14.1. The Labute approximate surface area is 144 Å². The molecule has 0 saturated heterocycles. The summed E-state index contributed by atoms with van der Waals surface area (Å²) in [5, 5.41) is 11.5.